The first kappa shape index (κ1) is 19.8. The molecule has 154 valence electrons. The molecule has 1 atom stereocenters. The van der Waals surface area contributed by atoms with Crippen molar-refractivity contribution >= 4 is 35.2 Å². The number of rotatable bonds is 3. The highest BCUT2D eigenvalue weighted by Crippen LogP contribution is 2.37. The predicted molar refractivity (Wildman–Crippen MR) is 103 cm³/mol. The lowest BCUT2D eigenvalue weighted by Gasteiger charge is -2.29. The Morgan fingerprint density at radius 3 is 2.47 bits per heavy atom. The van der Waals surface area contributed by atoms with E-state index in [0.717, 1.165) is 24.2 Å². The fraction of sp³-hybridized carbons (Fsp3) is 0.429. The largest absolute Gasteiger partial charge is 0.325 e. The maximum Gasteiger partial charge on any atom is 0.262 e. The van der Waals surface area contributed by atoms with Crippen LogP contribution in [0.2, 0.25) is 0 Å². The number of carbonyl (C=O) groups is 5. The van der Waals surface area contributed by atoms with Crippen molar-refractivity contribution in [1.82, 2.24) is 10.2 Å². The number of imide groups is 2. The second-order valence-corrected chi connectivity index (χ2v) is 7.92. The summed E-state index contributed by atoms with van der Waals surface area (Å²) in [5.41, 5.74) is -0.562. The molecule has 2 aliphatic heterocycles. The van der Waals surface area contributed by atoms with Crippen molar-refractivity contribution in [1.29, 1.82) is 5.26 Å². The smallest absolute Gasteiger partial charge is 0.262 e. The number of carbonyl (C=O) groups excluding carboxylic acids is 5. The highest BCUT2D eigenvalue weighted by molar-refractivity contribution is 6.24. The number of benzene rings is 1. The Morgan fingerprint density at radius 2 is 1.80 bits per heavy atom. The van der Waals surface area contributed by atoms with Crippen molar-refractivity contribution in [2.45, 2.75) is 51.0 Å². The van der Waals surface area contributed by atoms with Crippen LogP contribution in [0, 0.1) is 16.7 Å². The summed E-state index contributed by atoms with van der Waals surface area (Å²) in [6.07, 6.45) is 3.69. The lowest BCUT2D eigenvalue weighted by molar-refractivity contribution is -0.136. The molecule has 1 saturated carbocycles. The number of nitrogens with zero attached hydrogens (tertiary/aromatic N) is 2. The summed E-state index contributed by atoms with van der Waals surface area (Å²) in [6.45, 7) is 0. The second-order valence-electron chi connectivity index (χ2n) is 7.92. The number of nitriles is 1. The Labute approximate surface area is 172 Å². The fourth-order valence-corrected chi connectivity index (χ4v) is 4.34. The van der Waals surface area contributed by atoms with Gasteiger partial charge in [-0.15, -0.1) is 0 Å². The van der Waals surface area contributed by atoms with Gasteiger partial charge in [-0.2, -0.15) is 5.26 Å². The maximum absolute atomic E-state index is 12.9. The van der Waals surface area contributed by atoms with Crippen LogP contribution in [0.25, 0.3) is 0 Å². The molecule has 9 nitrogen and oxygen atoms in total. The van der Waals surface area contributed by atoms with Gasteiger partial charge in [0.1, 0.15) is 11.5 Å². The second kappa shape index (κ2) is 7.37. The van der Waals surface area contributed by atoms with E-state index in [1.165, 1.54) is 18.2 Å². The molecule has 0 aromatic heterocycles. The summed E-state index contributed by atoms with van der Waals surface area (Å²) < 4.78 is 0. The molecule has 3 aliphatic rings. The third kappa shape index (κ3) is 3.14. The number of fused-ring (bicyclic) bond motifs is 1. The molecule has 1 aliphatic carbocycles. The molecule has 0 spiro atoms. The first-order chi connectivity index (χ1) is 14.4. The molecule has 30 heavy (non-hydrogen) atoms. The highest BCUT2D eigenvalue weighted by atomic mass is 16.2. The molecular formula is C21H20N4O5. The zero-order valence-corrected chi connectivity index (χ0v) is 16.2. The van der Waals surface area contributed by atoms with Crippen molar-refractivity contribution in [2.24, 2.45) is 5.41 Å². The van der Waals surface area contributed by atoms with Gasteiger partial charge >= 0.3 is 0 Å². The van der Waals surface area contributed by atoms with Crippen molar-refractivity contribution < 1.29 is 24.0 Å². The minimum absolute atomic E-state index is 0.0430. The van der Waals surface area contributed by atoms with Crippen LogP contribution in [0.4, 0.5) is 5.69 Å². The summed E-state index contributed by atoms with van der Waals surface area (Å²) in [7, 11) is 0. The van der Waals surface area contributed by atoms with Gasteiger partial charge in [-0.25, -0.2) is 0 Å². The Balaban J connectivity index is 1.56. The molecule has 0 bridgehead atoms. The van der Waals surface area contributed by atoms with E-state index in [4.69, 9.17) is 0 Å². The number of hydrogen-bond donors (Lipinski definition) is 2. The van der Waals surface area contributed by atoms with E-state index in [2.05, 4.69) is 16.7 Å². The Hall–Kier alpha value is -3.54. The van der Waals surface area contributed by atoms with Gasteiger partial charge in [0.15, 0.2) is 0 Å². The zero-order chi connectivity index (χ0) is 21.5. The van der Waals surface area contributed by atoms with Crippen molar-refractivity contribution in [2.75, 3.05) is 5.32 Å². The number of nitrogens with one attached hydrogen (secondary N) is 2. The van der Waals surface area contributed by atoms with E-state index < -0.39 is 41.0 Å². The van der Waals surface area contributed by atoms with Crippen LogP contribution in [0.3, 0.4) is 0 Å². The summed E-state index contributed by atoms with van der Waals surface area (Å²) >= 11 is 0. The molecular weight excluding hydrogens is 388 g/mol. The number of hydrogen-bond acceptors (Lipinski definition) is 6. The lowest BCUT2D eigenvalue weighted by Crippen LogP contribution is -2.54. The molecule has 2 heterocycles. The topological polar surface area (TPSA) is 136 Å². The van der Waals surface area contributed by atoms with Crippen LogP contribution < -0.4 is 10.6 Å². The van der Waals surface area contributed by atoms with Crippen LogP contribution >= 0.6 is 0 Å². The SMILES string of the molecule is N#CC1(C(=O)Nc2ccc3c(c2)C(=O)N(C2CCC(=O)NC2=O)C3=O)CCCCC1. The standard InChI is InChI=1S/C21H20N4O5/c22-11-21(8-2-1-3-9-21)20(30)23-12-4-5-13-14(10-12)19(29)25(18(13)28)15-6-7-16(26)24-17(15)27/h4-5,10,15H,1-3,6-9H2,(H,23,30)(H,24,26,27). The Morgan fingerprint density at radius 1 is 1.10 bits per heavy atom. The third-order valence-corrected chi connectivity index (χ3v) is 6.05. The number of anilines is 1. The Kier molecular flexibility index (Phi) is 4.86. The van der Waals surface area contributed by atoms with Gasteiger partial charge in [0.2, 0.25) is 17.7 Å². The van der Waals surface area contributed by atoms with Crippen LogP contribution in [-0.4, -0.2) is 40.5 Å². The van der Waals surface area contributed by atoms with E-state index in [1.54, 1.807) is 0 Å². The zero-order valence-electron chi connectivity index (χ0n) is 16.2. The Bertz CT molecular complexity index is 1020. The molecule has 1 aromatic rings. The van der Waals surface area contributed by atoms with Crippen LogP contribution in [0.5, 0.6) is 0 Å². The van der Waals surface area contributed by atoms with Gasteiger partial charge in [0.05, 0.1) is 17.2 Å². The average Bonchev–Trinajstić information content (AvgIpc) is 2.98. The highest BCUT2D eigenvalue weighted by Gasteiger charge is 2.45. The minimum atomic E-state index is -1.09. The molecule has 1 unspecified atom stereocenters. The van der Waals surface area contributed by atoms with Gasteiger partial charge in [-0.3, -0.25) is 34.2 Å². The molecule has 5 amide bonds. The predicted octanol–water partition coefficient (Wildman–Crippen LogP) is 1.50. The quantitative estimate of drug-likeness (QED) is 0.727. The van der Waals surface area contributed by atoms with E-state index in [1.807, 2.05) is 0 Å². The normalized spacial score (nSPS) is 22.9. The van der Waals surface area contributed by atoms with E-state index in [9.17, 15) is 29.2 Å². The molecule has 2 fully saturated rings. The summed E-state index contributed by atoms with van der Waals surface area (Å²) in [4.78, 5) is 62.7. The van der Waals surface area contributed by atoms with Crippen molar-refractivity contribution in [3.8, 4) is 6.07 Å². The first-order valence-corrected chi connectivity index (χ1v) is 9.95. The van der Waals surface area contributed by atoms with Gasteiger partial charge in [0.25, 0.3) is 11.8 Å². The fourth-order valence-electron chi connectivity index (χ4n) is 4.34. The van der Waals surface area contributed by atoms with Gasteiger partial charge in [-0.1, -0.05) is 19.3 Å². The third-order valence-electron chi connectivity index (χ3n) is 6.05. The van der Waals surface area contributed by atoms with Gasteiger partial charge in [0, 0.05) is 12.1 Å². The first-order valence-electron chi connectivity index (χ1n) is 9.95. The molecule has 4 rings (SSSR count). The van der Waals surface area contributed by atoms with Crippen LogP contribution in [0.15, 0.2) is 18.2 Å². The number of piperidine rings is 1. The summed E-state index contributed by atoms with van der Waals surface area (Å²) in [5, 5.41) is 14.4. The van der Waals surface area contributed by atoms with Crippen molar-refractivity contribution in [3.63, 3.8) is 0 Å². The number of amides is 5. The van der Waals surface area contributed by atoms with Crippen LogP contribution in [0.1, 0.15) is 65.7 Å². The van der Waals surface area contributed by atoms with E-state index >= 15 is 0 Å². The van der Waals surface area contributed by atoms with Gasteiger partial charge < -0.3 is 5.32 Å². The molecule has 9 heteroatoms. The van der Waals surface area contributed by atoms with E-state index in [-0.39, 0.29) is 24.0 Å². The minimum Gasteiger partial charge on any atom is -0.325 e. The summed E-state index contributed by atoms with van der Waals surface area (Å²) in [5.74, 6) is -2.78. The van der Waals surface area contributed by atoms with Crippen LogP contribution in [-0.2, 0) is 14.4 Å². The average molecular weight is 408 g/mol. The van der Waals surface area contributed by atoms with E-state index in [0.29, 0.717) is 18.5 Å². The van der Waals surface area contributed by atoms with Crippen molar-refractivity contribution in [3.05, 3.63) is 29.3 Å². The molecule has 0 radical (unpaired) electrons. The molecule has 2 N–H and O–H groups in total. The molecule has 1 aromatic carbocycles. The maximum atomic E-state index is 12.9. The monoisotopic (exact) mass is 408 g/mol. The van der Waals surface area contributed by atoms with Gasteiger partial charge in [-0.05, 0) is 37.5 Å². The molecule has 1 saturated heterocycles. The lowest BCUT2D eigenvalue weighted by atomic mass is 9.74. The summed E-state index contributed by atoms with van der Waals surface area (Å²) in [6, 6.07) is 5.43.